The van der Waals surface area contributed by atoms with Crippen molar-refractivity contribution in [3.05, 3.63) is 98.6 Å². The highest BCUT2D eigenvalue weighted by molar-refractivity contribution is 7.12. The zero-order valence-electron chi connectivity index (χ0n) is 13.7. The topological polar surface area (TPSA) is 62.8 Å². The Morgan fingerprint density at radius 1 is 0.962 bits per heavy atom. The van der Waals surface area contributed by atoms with Gasteiger partial charge in [-0.15, -0.1) is 11.3 Å². The maximum atomic E-state index is 13.0. The molecule has 5 heteroatoms. The van der Waals surface area contributed by atoms with Gasteiger partial charge >= 0.3 is 0 Å². The highest BCUT2D eigenvalue weighted by atomic mass is 32.1. The standard InChI is InChI=1S/C21H14N2O2S/c24-20(18-11-6-12-26-18)15(13-14-7-2-1-3-8-14)19-21(25)23-17-10-5-4-9-16(17)22-19/h1-13H,(H,23,25)/b15-13+. The molecule has 4 aromatic rings. The van der Waals surface area contributed by atoms with Gasteiger partial charge in [0.1, 0.15) is 5.69 Å². The summed E-state index contributed by atoms with van der Waals surface area (Å²) in [5, 5.41) is 1.84. The number of thiophene rings is 1. The Morgan fingerprint density at radius 3 is 2.50 bits per heavy atom. The minimum absolute atomic E-state index is 0.131. The molecule has 0 aliphatic carbocycles. The Bertz CT molecular complexity index is 1160. The molecule has 126 valence electrons. The van der Waals surface area contributed by atoms with Crippen LogP contribution in [0.1, 0.15) is 20.9 Å². The number of benzene rings is 2. The average molecular weight is 358 g/mol. The van der Waals surface area contributed by atoms with Crippen LogP contribution in [0.3, 0.4) is 0 Å². The van der Waals surface area contributed by atoms with Crippen LogP contribution < -0.4 is 5.56 Å². The van der Waals surface area contributed by atoms with Crippen LogP contribution in [0.15, 0.2) is 76.9 Å². The summed E-state index contributed by atoms with van der Waals surface area (Å²) in [6.07, 6.45) is 1.72. The fourth-order valence-electron chi connectivity index (χ4n) is 2.71. The first-order chi connectivity index (χ1) is 12.7. The highest BCUT2D eigenvalue weighted by Crippen LogP contribution is 2.23. The second-order valence-electron chi connectivity index (χ2n) is 5.71. The molecule has 0 amide bonds. The van der Waals surface area contributed by atoms with E-state index >= 15 is 0 Å². The van der Waals surface area contributed by atoms with Gasteiger partial charge in [-0.1, -0.05) is 48.5 Å². The Hall–Kier alpha value is -3.31. The molecule has 0 bridgehead atoms. The van der Waals surface area contributed by atoms with Crippen LogP contribution in [0, 0.1) is 0 Å². The third kappa shape index (κ3) is 3.12. The van der Waals surface area contributed by atoms with E-state index in [-0.39, 0.29) is 22.6 Å². The second kappa shape index (κ2) is 6.90. The van der Waals surface area contributed by atoms with Gasteiger partial charge in [0.25, 0.3) is 5.56 Å². The summed E-state index contributed by atoms with van der Waals surface area (Å²) in [5.41, 5.74) is 2.15. The smallest absolute Gasteiger partial charge is 0.275 e. The second-order valence-corrected chi connectivity index (χ2v) is 6.65. The summed E-state index contributed by atoms with van der Waals surface area (Å²) in [5.74, 6) is -0.211. The van der Waals surface area contributed by atoms with Gasteiger partial charge in [0, 0.05) is 0 Å². The fourth-order valence-corrected chi connectivity index (χ4v) is 3.39. The van der Waals surface area contributed by atoms with Crippen LogP contribution in [0.4, 0.5) is 0 Å². The molecule has 2 aromatic carbocycles. The zero-order valence-corrected chi connectivity index (χ0v) is 14.5. The fraction of sp³-hybridized carbons (Fsp3) is 0. The Morgan fingerprint density at radius 2 is 1.73 bits per heavy atom. The molecule has 26 heavy (non-hydrogen) atoms. The molecular formula is C21H14N2O2S. The summed E-state index contributed by atoms with van der Waals surface area (Å²) < 4.78 is 0. The number of hydrogen-bond donors (Lipinski definition) is 1. The molecule has 0 aliphatic rings. The number of nitrogens with one attached hydrogen (secondary N) is 1. The van der Waals surface area contributed by atoms with E-state index in [1.54, 1.807) is 18.2 Å². The molecule has 0 aliphatic heterocycles. The van der Waals surface area contributed by atoms with E-state index in [2.05, 4.69) is 9.97 Å². The van der Waals surface area contributed by atoms with Crippen molar-refractivity contribution in [1.82, 2.24) is 9.97 Å². The van der Waals surface area contributed by atoms with Crippen LogP contribution in [0.5, 0.6) is 0 Å². The van der Waals surface area contributed by atoms with Gasteiger partial charge in [0.05, 0.1) is 21.5 Å². The molecule has 0 atom stereocenters. The largest absolute Gasteiger partial charge is 0.319 e. The first kappa shape index (κ1) is 16.2. The predicted molar refractivity (Wildman–Crippen MR) is 105 cm³/mol. The van der Waals surface area contributed by atoms with Gasteiger partial charge < -0.3 is 4.98 Å². The van der Waals surface area contributed by atoms with Crippen LogP contribution in [0.2, 0.25) is 0 Å². The number of hydrogen-bond acceptors (Lipinski definition) is 4. The number of rotatable bonds is 4. The summed E-state index contributed by atoms with van der Waals surface area (Å²) in [6, 6.07) is 20.3. The molecule has 0 fully saturated rings. The van der Waals surface area contributed by atoms with Gasteiger partial charge in [-0.25, -0.2) is 4.98 Å². The van der Waals surface area contributed by atoms with Crippen LogP contribution in [-0.2, 0) is 0 Å². The highest BCUT2D eigenvalue weighted by Gasteiger charge is 2.20. The lowest BCUT2D eigenvalue weighted by atomic mass is 10.0. The minimum atomic E-state index is -0.379. The third-order valence-corrected chi connectivity index (χ3v) is 4.82. The molecule has 4 nitrogen and oxygen atoms in total. The Kier molecular flexibility index (Phi) is 4.29. The van der Waals surface area contributed by atoms with E-state index in [1.807, 2.05) is 60.0 Å². The van der Waals surface area contributed by atoms with Crippen molar-refractivity contribution < 1.29 is 4.79 Å². The average Bonchev–Trinajstić information content (AvgIpc) is 3.21. The van der Waals surface area contributed by atoms with Gasteiger partial charge in [-0.2, -0.15) is 0 Å². The lowest BCUT2D eigenvalue weighted by molar-refractivity contribution is 0.106. The normalized spacial score (nSPS) is 11.6. The number of nitrogens with zero attached hydrogens (tertiary/aromatic N) is 1. The Balaban J connectivity index is 1.94. The van der Waals surface area contributed by atoms with Crippen molar-refractivity contribution in [3.8, 4) is 0 Å². The summed E-state index contributed by atoms with van der Waals surface area (Å²) in [7, 11) is 0. The van der Waals surface area contributed by atoms with Crippen LogP contribution >= 0.6 is 11.3 Å². The molecule has 2 aromatic heterocycles. The van der Waals surface area contributed by atoms with Crippen molar-refractivity contribution >= 4 is 39.8 Å². The number of aromatic amines is 1. The molecular weight excluding hydrogens is 344 g/mol. The number of ketones is 1. The van der Waals surface area contributed by atoms with Gasteiger partial charge in [0.2, 0.25) is 5.78 Å². The van der Waals surface area contributed by atoms with E-state index < -0.39 is 0 Å². The van der Waals surface area contributed by atoms with Crippen LogP contribution in [0.25, 0.3) is 22.7 Å². The maximum absolute atomic E-state index is 13.0. The quantitative estimate of drug-likeness (QED) is 0.434. The maximum Gasteiger partial charge on any atom is 0.275 e. The van der Waals surface area contributed by atoms with Gasteiger partial charge in [-0.05, 0) is 35.2 Å². The summed E-state index contributed by atoms with van der Waals surface area (Å²) in [4.78, 5) is 33.5. The Labute approximate surface area is 153 Å². The van der Waals surface area contributed by atoms with Crippen molar-refractivity contribution in [2.75, 3.05) is 0 Å². The van der Waals surface area contributed by atoms with Crippen molar-refractivity contribution in [2.24, 2.45) is 0 Å². The SMILES string of the molecule is O=C(/C(=C/c1ccccc1)c1nc2ccccc2[nH]c1=O)c1cccs1. The van der Waals surface area contributed by atoms with E-state index in [0.29, 0.717) is 15.9 Å². The van der Waals surface area contributed by atoms with Crippen LogP contribution in [-0.4, -0.2) is 15.8 Å². The zero-order chi connectivity index (χ0) is 17.9. The van der Waals surface area contributed by atoms with Gasteiger partial charge in [-0.3, -0.25) is 9.59 Å². The molecule has 0 spiro atoms. The molecule has 1 N–H and O–H groups in total. The minimum Gasteiger partial charge on any atom is -0.319 e. The molecule has 2 heterocycles. The van der Waals surface area contributed by atoms with Gasteiger partial charge in [0.15, 0.2) is 0 Å². The number of carbonyl (C=O) groups is 1. The van der Waals surface area contributed by atoms with E-state index in [4.69, 9.17) is 0 Å². The van der Waals surface area contributed by atoms with Crippen molar-refractivity contribution in [2.45, 2.75) is 0 Å². The first-order valence-corrected chi connectivity index (χ1v) is 8.95. The number of para-hydroxylation sites is 2. The summed E-state index contributed by atoms with van der Waals surface area (Å²) >= 11 is 1.34. The monoisotopic (exact) mass is 358 g/mol. The number of allylic oxidation sites excluding steroid dienone is 1. The number of Topliss-reactive ketones (excluding diaryl/α,β-unsaturated/α-hetero) is 1. The molecule has 0 radical (unpaired) electrons. The van der Waals surface area contributed by atoms with E-state index in [0.717, 1.165) is 5.56 Å². The number of fused-ring (bicyclic) bond motifs is 1. The third-order valence-electron chi connectivity index (χ3n) is 3.95. The predicted octanol–water partition coefficient (Wildman–Crippen LogP) is 4.41. The number of H-pyrrole nitrogens is 1. The molecule has 4 rings (SSSR count). The van der Waals surface area contributed by atoms with E-state index in [9.17, 15) is 9.59 Å². The molecule has 0 saturated carbocycles. The first-order valence-electron chi connectivity index (χ1n) is 8.07. The number of carbonyl (C=O) groups excluding carboxylic acids is 1. The van der Waals surface area contributed by atoms with E-state index in [1.165, 1.54) is 11.3 Å². The lowest BCUT2D eigenvalue weighted by Gasteiger charge is -2.06. The molecule has 0 saturated heterocycles. The number of aromatic nitrogens is 2. The van der Waals surface area contributed by atoms with Crippen molar-refractivity contribution in [1.29, 1.82) is 0 Å². The lowest BCUT2D eigenvalue weighted by Crippen LogP contribution is -2.18. The summed E-state index contributed by atoms with van der Waals surface area (Å²) in [6.45, 7) is 0. The van der Waals surface area contributed by atoms with Crippen molar-refractivity contribution in [3.63, 3.8) is 0 Å². The molecule has 0 unspecified atom stereocenters.